The summed E-state index contributed by atoms with van der Waals surface area (Å²) < 4.78 is 2.30. The molecule has 0 amide bonds. The monoisotopic (exact) mass is 374 g/mol. The second-order valence-electron chi connectivity index (χ2n) is 6.12. The zero-order valence-corrected chi connectivity index (χ0v) is 16.3. The minimum atomic E-state index is -0.0718. The number of fused-ring (bicyclic) bond motifs is 3. The number of thioether (sulfide) groups is 2. The largest absolute Gasteiger partial charge is 0.307 e. The first-order valence-corrected chi connectivity index (χ1v) is 10.7. The Bertz CT molecular complexity index is 973. The minimum absolute atomic E-state index is 0.0718. The summed E-state index contributed by atoms with van der Waals surface area (Å²) in [7, 11) is 0. The fraction of sp³-hybridized carbons (Fsp3) is 0.333. The first-order valence-electron chi connectivity index (χ1n) is 7.89. The summed E-state index contributed by atoms with van der Waals surface area (Å²) in [5.41, 5.74) is 2.30. The lowest BCUT2D eigenvalue weighted by atomic mass is 10.2. The molecule has 0 unspecified atom stereocenters. The number of aryl methyl sites for hydroxylation is 3. The van der Waals surface area contributed by atoms with E-state index in [1.807, 2.05) is 18.7 Å². The third-order valence-electron chi connectivity index (χ3n) is 4.44. The molecule has 0 saturated carbocycles. The molecule has 3 nitrogen and oxygen atoms in total. The van der Waals surface area contributed by atoms with E-state index < -0.39 is 0 Å². The average Bonchev–Trinajstić information content (AvgIpc) is 3.09. The van der Waals surface area contributed by atoms with E-state index in [1.165, 1.54) is 15.3 Å². The van der Waals surface area contributed by atoms with Crippen LogP contribution in [-0.4, -0.2) is 21.1 Å². The summed E-state index contributed by atoms with van der Waals surface area (Å²) in [5, 5.41) is 1.69. The van der Waals surface area contributed by atoms with Crippen molar-refractivity contribution in [2.75, 3.05) is 11.5 Å². The summed E-state index contributed by atoms with van der Waals surface area (Å²) in [6.07, 6.45) is 0. The van der Waals surface area contributed by atoms with Gasteiger partial charge in [0, 0.05) is 21.3 Å². The molecule has 2 aromatic heterocycles. The molecule has 0 N–H and O–H groups in total. The molecule has 6 heteroatoms. The highest BCUT2D eigenvalue weighted by molar-refractivity contribution is 8.00. The first kappa shape index (κ1) is 16.2. The molecule has 0 saturated heterocycles. The summed E-state index contributed by atoms with van der Waals surface area (Å²) in [6.45, 7) is 6.23. The van der Waals surface area contributed by atoms with Crippen molar-refractivity contribution < 1.29 is 0 Å². The summed E-state index contributed by atoms with van der Waals surface area (Å²) in [4.78, 5) is 20.3. The smallest absolute Gasteiger partial charge is 0.282 e. The van der Waals surface area contributed by atoms with Crippen molar-refractivity contribution in [2.24, 2.45) is 0 Å². The van der Waals surface area contributed by atoms with Gasteiger partial charge in [-0.3, -0.25) is 4.79 Å². The topological polar surface area (TPSA) is 34.9 Å². The van der Waals surface area contributed by atoms with Crippen LogP contribution >= 0.6 is 34.9 Å². The number of thiophene rings is 1. The molecule has 3 heterocycles. The van der Waals surface area contributed by atoms with Crippen molar-refractivity contribution >= 4 is 45.1 Å². The van der Waals surface area contributed by atoms with Gasteiger partial charge in [0.15, 0.2) is 5.16 Å². The van der Waals surface area contributed by atoms with Crippen molar-refractivity contribution in [2.45, 2.75) is 36.9 Å². The maximum atomic E-state index is 12.4. The van der Waals surface area contributed by atoms with Crippen molar-refractivity contribution in [3.05, 3.63) is 50.6 Å². The van der Waals surface area contributed by atoms with Gasteiger partial charge in [0.25, 0.3) is 5.56 Å². The standard InChI is InChI=1S/C18H18N2OS3/c1-10-4-6-14(7-5-10)22-8-13-9-23-18-19-16(21)15-11(2)12(3)24-17(15)20(13)18/h4-7,13H,8-9H2,1-3H3/t13-/m1/s1. The van der Waals surface area contributed by atoms with Crippen molar-refractivity contribution in [3.8, 4) is 0 Å². The van der Waals surface area contributed by atoms with Crippen molar-refractivity contribution in [3.63, 3.8) is 0 Å². The highest BCUT2D eigenvalue weighted by Gasteiger charge is 2.28. The van der Waals surface area contributed by atoms with Crippen LogP contribution in [0.15, 0.2) is 39.1 Å². The molecular formula is C18H18N2OS3. The Morgan fingerprint density at radius 1 is 1.25 bits per heavy atom. The Morgan fingerprint density at radius 3 is 2.75 bits per heavy atom. The predicted octanol–water partition coefficient (Wildman–Crippen LogP) is 4.82. The molecule has 124 valence electrons. The molecule has 0 bridgehead atoms. The number of aromatic nitrogens is 2. The van der Waals surface area contributed by atoms with E-state index >= 15 is 0 Å². The van der Waals surface area contributed by atoms with E-state index in [9.17, 15) is 4.79 Å². The van der Waals surface area contributed by atoms with E-state index in [-0.39, 0.29) is 5.56 Å². The lowest BCUT2D eigenvalue weighted by Gasteiger charge is -2.14. The number of hydrogen-bond donors (Lipinski definition) is 0. The fourth-order valence-corrected chi connectivity index (χ4v) is 6.48. The Balaban J connectivity index is 1.69. The molecule has 3 aromatic rings. The van der Waals surface area contributed by atoms with Gasteiger partial charge in [-0.1, -0.05) is 29.5 Å². The summed E-state index contributed by atoms with van der Waals surface area (Å²) >= 11 is 5.31. The Kier molecular flexibility index (Phi) is 4.22. The first-order chi connectivity index (χ1) is 11.5. The van der Waals surface area contributed by atoms with Crippen LogP contribution in [-0.2, 0) is 0 Å². The van der Waals surface area contributed by atoms with Gasteiger partial charge in [-0.05, 0) is 38.5 Å². The second kappa shape index (κ2) is 6.24. The molecule has 4 rings (SSSR count). The number of benzene rings is 1. The highest BCUT2D eigenvalue weighted by Crippen LogP contribution is 2.40. The van der Waals surface area contributed by atoms with Crippen LogP contribution in [0, 0.1) is 20.8 Å². The van der Waals surface area contributed by atoms with E-state index in [4.69, 9.17) is 0 Å². The predicted molar refractivity (Wildman–Crippen MR) is 105 cm³/mol. The zero-order chi connectivity index (χ0) is 16.8. The normalized spacial score (nSPS) is 16.7. The molecular weight excluding hydrogens is 356 g/mol. The van der Waals surface area contributed by atoms with Gasteiger partial charge in [-0.2, -0.15) is 4.98 Å². The van der Waals surface area contributed by atoms with Gasteiger partial charge >= 0.3 is 0 Å². The maximum absolute atomic E-state index is 12.4. The fourth-order valence-electron chi connectivity index (χ4n) is 2.93. The Labute approximate surface area is 153 Å². The third-order valence-corrected chi connectivity index (χ3v) is 7.90. The molecule has 0 fully saturated rings. The molecule has 0 radical (unpaired) electrons. The molecule has 1 aliphatic heterocycles. The van der Waals surface area contributed by atoms with Gasteiger partial charge in [0.1, 0.15) is 4.83 Å². The van der Waals surface area contributed by atoms with Crippen LogP contribution in [0.2, 0.25) is 0 Å². The van der Waals surface area contributed by atoms with E-state index in [0.717, 1.165) is 32.4 Å². The van der Waals surface area contributed by atoms with Crippen LogP contribution in [0.3, 0.4) is 0 Å². The van der Waals surface area contributed by atoms with Crippen LogP contribution in [0.1, 0.15) is 22.0 Å². The number of hydrogen-bond acceptors (Lipinski definition) is 5. The minimum Gasteiger partial charge on any atom is -0.307 e. The number of rotatable bonds is 3. The Morgan fingerprint density at radius 2 is 2.00 bits per heavy atom. The second-order valence-corrected chi connectivity index (χ2v) is 9.41. The Hall–Kier alpha value is -1.24. The van der Waals surface area contributed by atoms with E-state index in [1.54, 1.807) is 23.1 Å². The van der Waals surface area contributed by atoms with Crippen LogP contribution in [0.25, 0.3) is 10.2 Å². The van der Waals surface area contributed by atoms with Crippen molar-refractivity contribution in [1.29, 1.82) is 0 Å². The SMILES string of the molecule is Cc1ccc(SC[C@@H]2CSc3nc(=O)c4c(C)c(C)sc4n32)cc1. The van der Waals surface area contributed by atoms with Gasteiger partial charge in [-0.15, -0.1) is 23.1 Å². The maximum Gasteiger partial charge on any atom is 0.282 e. The lowest BCUT2D eigenvalue weighted by Crippen LogP contribution is -2.16. The molecule has 0 spiro atoms. The van der Waals surface area contributed by atoms with Crippen LogP contribution < -0.4 is 5.56 Å². The van der Waals surface area contributed by atoms with Gasteiger partial charge in [-0.25, -0.2) is 0 Å². The molecule has 0 aliphatic carbocycles. The quantitative estimate of drug-likeness (QED) is 0.486. The average molecular weight is 375 g/mol. The van der Waals surface area contributed by atoms with E-state index in [2.05, 4.69) is 47.7 Å². The summed E-state index contributed by atoms with van der Waals surface area (Å²) in [5.74, 6) is 1.99. The van der Waals surface area contributed by atoms with Crippen LogP contribution in [0.5, 0.6) is 0 Å². The number of nitrogens with zero attached hydrogens (tertiary/aromatic N) is 2. The van der Waals surface area contributed by atoms with Gasteiger partial charge in [0.05, 0.1) is 11.4 Å². The van der Waals surface area contributed by atoms with E-state index in [0.29, 0.717) is 6.04 Å². The highest BCUT2D eigenvalue weighted by atomic mass is 32.2. The van der Waals surface area contributed by atoms with Gasteiger partial charge < -0.3 is 4.57 Å². The lowest BCUT2D eigenvalue weighted by molar-refractivity contribution is 0.595. The van der Waals surface area contributed by atoms with Crippen molar-refractivity contribution in [1.82, 2.24) is 9.55 Å². The molecule has 24 heavy (non-hydrogen) atoms. The molecule has 1 aliphatic rings. The molecule has 1 aromatic carbocycles. The molecule has 1 atom stereocenters. The summed E-state index contributed by atoms with van der Waals surface area (Å²) in [6, 6.07) is 9.05. The van der Waals surface area contributed by atoms with Gasteiger partial charge in [0.2, 0.25) is 0 Å². The third kappa shape index (κ3) is 2.70. The van der Waals surface area contributed by atoms with Crippen LogP contribution in [0.4, 0.5) is 0 Å². The zero-order valence-electron chi connectivity index (χ0n) is 13.8.